The first-order valence-corrected chi connectivity index (χ1v) is 8.59. The lowest BCUT2D eigenvalue weighted by Crippen LogP contribution is -2.32. The van der Waals surface area contributed by atoms with Gasteiger partial charge in [-0.2, -0.15) is 15.0 Å². The average Bonchev–Trinajstić information content (AvgIpc) is 3.10. The molecule has 114 valence electrons. The van der Waals surface area contributed by atoms with Crippen LogP contribution in [0.5, 0.6) is 0 Å². The third-order valence-corrected chi connectivity index (χ3v) is 5.46. The highest BCUT2D eigenvalue weighted by Crippen LogP contribution is 2.45. The predicted molar refractivity (Wildman–Crippen MR) is 83.8 cm³/mol. The molecule has 2 heterocycles. The molecule has 3 unspecified atom stereocenters. The van der Waals surface area contributed by atoms with Crippen molar-refractivity contribution in [2.45, 2.75) is 51.0 Å². The molecule has 2 bridgehead atoms. The Balaban J connectivity index is 1.50. The number of anilines is 2. The summed E-state index contributed by atoms with van der Waals surface area (Å²) in [5.74, 6) is 3.10. The Morgan fingerprint density at radius 3 is 2.57 bits per heavy atom. The monoisotopic (exact) mass is 307 g/mol. The van der Waals surface area contributed by atoms with Gasteiger partial charge in [-0.15, -0.1) is 0 Å². The highest BCUT2D eigenvalue weighted by Gasteiger charge is 2.39. The van der Waals surface area contributed by atoms with Gasteiger partial charge in [0.05, 0.1) is 0 Å². The molecule has 3 aliphatic rings. The third kappa shape index (κ3) is 2.80. The molecule has 3 fully saturated rings. The summed E-state index contributed by atoms with van der Waals surface area (Å²) in [6.45, 7) is 2.04. The summed E-state index contributed by atoms with van der Waals surface area (Å²) in [7, 11) is 0. The van der Waals surface area contributed by atoms with Gasteiger partial charge in [-0.1, -0.05) is 6.42 Å². The van der Waals surface area contributed by atoms with Crippen molar-refractivity contribution in [1.82, 2.24) is 15.0 Å². The number of hydrogen-bond donors (Lipinski definition) is 1. The normalized spacial score (nSPS) is 31.7. The van der Waals surface area contributed by atoms with Gasteiger partial charge in [0.15, 0.2) is 0 Å². The zero-order valence-corrected chi connectivity index (χ0v) is 13.0. The van der Waals surface area contributed by atoms with Crippen LogP contribution in [-0.2, 0) is 0 Å². The number of rotatable bonds is 3. The maximum absolute atomic E-state index is 6.10. The zero-order chi connectivity index (χ0) is 14.2. The third-order valence-electron chi connectivity index (χ3n) is 5.29. The first-order chi connectivity index (χ1) is 10.3. The quantitative estimate of drug-likeness (QED) is 0.930. The molecule has 0 spiro atoms. The average molecular weight is 308 g/mol. The van der Waals surface area contributed by atoms with E-state index in [1.165, 1.54) is 44.9 Å². The molecular formula is C15H22ClN5. The van der Waals surface area contributed by atoms with Gasteiger partial charge < -0.3 is 10.2 Å². The van der Waals surface area contributed by atoms with Crippen LogP contribution in [0, 0.1) is 11.8 Å². The summed E-state index contributed by atoms with van der Waals surface area (Å²) in [4.78, 5) is 15.4. The number of hydrogen-bond acceptors (Lipinski definition) is 5. The molecule has 2 saturated carbocycles. The molecule has 21 heavy (non-hydrogen) atoms. The molecule has 1 saturated heterocycles. The minimum atomic E-state index is 0.302. The van der Waals surface area contributed by atoms with Crippen LogP contribution >= 0.6 is 11.6 Å². The molecule has 2 aliphatic carbocycles. The fourth-order valence-corrected chi connectivity index (χ4v) is 4.38. The highest BCUT2D eigenvalue weighted by atomic mass is 35.5. The lowest BCUT2D eigenvalue weighted by molar-refractivity contribution is 0.438. The Labute approximate surface area is 130 Å². The maximum atomic E-state index is 6.10. The fraction of sp³-hybridized carbons (Fsp3) is 0.800. The second kappa shape index (κ2) is 5.59. The van der Waals surface area contributed by atoms with Crippen molar-refractivity contribution < 1.29 is 0 Å². The lowest BCUT2D eigenvalue weighted by Gasteiger charge is -2.27. The van der Waals surface area contributed by atoms with E-state index >= 15 is 0 Å². The SMILES string of the molecule is Clc1nc(NC2CC3CCC2C3)nc(N2CCCCC2)n1. The minimum absolute atomic E-state index is 0.302. The first kappa shape index (κ1) is 13.6. The van der Waals surface area contributed by atoms with Crippen LogP contribution in [0.3, 0.4) is 0 Å². The summed E-state index contributed by atoms with van der Waals surface area (Å²) in [5.41, 5.74) is 0. The maximum Gasteiger partial charge on any atom is 0.231 e. The largest absolute Gasteiger partial charge is 0.351 e. The molecule has 1 aromatic heterocycles. The van der Waals surface area contributed by atoms with E-state index in [-0.39, 0.29) is 0 Å². The number of halogens is 1. The van der Waals surface area contributed by atoms with E-state index in [1.807, 2.05) is 0 Å². The van der Waals surface area contributed by atoms with Crippen molar-refractivity contribution in [3.05, 3.63) is 5.28 Å². The lowest BCUT2D eigenvalue weighted by atomic mass is 9.95. The topological polar surface area (TPSA) is 53.9 Å². The van der Waals surface area contributed by atoms with Crippen LogP contribution < -0.4 is 10.2 Å². The van der Waals surface area contributed by atoms with Gasteiger partial charge in [0.2, 0.25) is 17.2 Å². The molecule has 1 N–H and O–H groups in total. The molecule has 0 amide bonds. The minimum Gasteiger partial charge on any atom is -0.351 e. The standard InChI is InChI=1S/C15H22ClN5/c16-13-18-14(17-12-9-10-4-5-11(12)8-10)20-15(19-13)21-6-2-1-3-7-21/h10-12H,1-9H2,(H,17,18,19,20). The Bertz CT molecular complexity index is 517. The molecule has 4 rings (SSSR count). The van der Waals surface area contributed by atoms with Crippen LogP contribution in [0.1, 0.15) is 44.9 Å². The van der Waals surface area contributed by atoms with Crippen LogP contribution in [0.4, 0.5) is 11.9 Å². The van der Waals surface area contributed by atoms with Crippen LogP contribution in [0.25, 0.3) is 0 Å². The van der Waals surface area contributed by atoms with Gasteiger partial charge in [0, 0.05) is 19.1 Å². The first-order valence-electron chi connectivity index (χ1n) is 8.21. The van der Waals surface area contributed by atoms with Gasteiger partial charge in [-0.05, 0) is 62.0 Å². The number of fused-ring (bicyclic) bond motifs is 2. The van der Waals surface area contributed by atoms with Crippen molar-refractivity contribution in [1.29, 1.82) is 0 Å². The van der Waals surface area contributed by atoms with E-state index in [0.717, 1.165) is 30.9 Å². The van der Waals surface area contributed by atoms with E-state index in [1.54, 1.807) is 0 Å². The van der Waals surface area contributed by atoms with Crippen molar-refractivity contribution >= 4 is 23.5 Å². The fourth-order valence-electron chi connectivity index (χ4n) is 4.23. The second-order valence-corrected chi connectivity index (χ2v) is 7.04. The molecule has 5 nitrogen and oxygen atoms in total. The van der Waals surface area contributed by atoms with E-state index in [0.29, 0.717) is 17.3 Å². The highest BCUT2D eigenvalue weighted by molar-refractivity contribution is 6.28. The van der Waals surface area contributed by atoms with Gasteiger partial charge >= 0.3 is 0 Å². The number of nitrogens with zero attached hydrogens (tertiary/aromatic N) is 4. The number of piperidine rings is 1. The van der Waals surface area contributed by atoms with Crippen molar-refractivity contribution in [3.8, 4) is 0 Å². The molecular weight excluding hydrogens is 286 g/mol. The van der Waals surface area contributed by atoms with E-state index < -0.39 is 0 Å². The van der Waals surface area contributed by atoms with E-state index in [2.05, 4.69) is 25.2 Å². The summed E-state index contributed by atoms with van der Waals surface area (Å²) < 4.78 is 0. The summed E-state index contributed by atoms with van der Waals surface area (Å²) in [6, 6.07) is 0.524. The van der Waals surface area contributed by atoms with Gasteiger partial charge in [-0.25, -0.2) is 0 Å². The Hall–Kier alpha value is -1.10. The predicted octanol–water partition coefficient (Wildman–Crippen LogP) is 3.12. The Morgan fingerprint density at radius 2 is 1.86 bits per heavy atom. The smallest absolute Gasteiger partial charge is 0.231 e. The molecule has 1 aliphatic heterocycles. The Kier molecular flexibility index (Phi) is 3.61. The van der Waals surface area contributed by atoms with Crippen LogP contribution in [-0.4, -0.2) is 34.1 Å². The van der Waals surface area contributed by atoms with Gasteiger partial charge in [0.1, 0.15) is 0 Å². The summed E-state index contributed by atoms with van der Waals surface area (Å²) >= 11 is 6.10. The zero-order valence-electron chi connectivity index (χ0n) is 12.3. The van der Waals surface area contributed by atoms with Gasteiger partial charge in [0.25, 0.3) is 0 Å². The van der Waals surface area contributed by atoms with Crippen molar-refractivity contribution in [2.24, 2.45) is 11.8 Å². The van der Waals surface area contributed by atoms with E-state index in [9.17, 15) is 0 Å². The molecule has 0 radical (unpaired) electrons. The summed E-state index contributed by atoms with van der Waals surface area (Å²) in [5, 5.41) is 3.82. The number of nitrogens with one attached hydrogen (secondary N) is 1. The summed E-state index contributed by atoms with van der Waals surface area (Å²) in [6.07, 6.45) is 9.09. The molecule has 0 aromatic carbocycles. The molecule has 3 atom stereocenters. The number of aromatic nitrogens is 3. The van der Waals surface area contributed by atoms with Crippen LogP contribution in [0.15, 0.2) is 0 Å². The Morgan fingerprint density at radius 1 is 1.00 bits per heavy atom. The van der Waals surface area contributed by atoms with Crippen LogP contribution in [0.2, 0.25) is 5.28 Å². The van der Waals surface area contributed by atoms with E-state index in [4.69, 9.17) is 11.6 Å². The van der Waals surface area contributed by atoms with Crippen molar-refractivity contribution in [2.75, 3.05) is 23.3 Å². The van der Waals surface area contributed by atoms with Gasteiger partial charge in [-0.3, -0.25) is 0 Å². The molecule has 6 heteroatoms. The molecule has 1 aromatic rings. The van der Waals surface area contributed by atoms with Crippen molar-refractivity contribution in [3.63, 3.8) is 0 Å². The second-order valence-electron chi connectivity index (χ2n) is 6.70.